The summed E-state index contributed by atoms with van der Waals surface area (Å²) in [6, 6.07) is 0. The molecular weight excluding hydrogens is 404 g/mol. The van der Waals surface area contributed by atoms with Crippen LogP contribution in [0.3, 0.4) is 0 Å². The third-order valence-electron chi connectivity index (χ3n) is 3.23. The molecule has 0 saturated heterocycles. The Kier molecular flexibility index (Phi) is 7.40. The molecular formula is C12H24N6O7S2. The Balaban J connectivity index is 0.000000345. The molecule has 2 aliphatic rings. The van der Waals surface area contributed by atoms with Crippen molar-refractivity contribution in [1.29, 1.82) is 0 Å². The first-order chi connectivity index (χ1) is 12.1. The molecule has 0 spiro atoms. The quantitative estimate of drug-likeness (QED) is 0.322. The summed E-state index contributed by atoms with van der Waals surface area (Å²) >= 11 is 0. The van der Waals surface area contributed by atoms with Gasteiger partial charge in [-0.2, -0.15) is 27.1 Å². The first kappa shape index (κ1) is 23.4. The number of nitrogens with zero attached hydrogens (tertiary/aromatic N) is 4. The summed E-state index contributed by atoms with van der Waals surface area (Å²) in [7, 11) is -10.2. The molecule has 15 heteroatoms. The van der Waals surface area contributed by atoms with Crippen molar-refractivity contribution in [3.63, 3.8) is 0 Å². The molecule has 0 fully saturated rings. The molecule has 0 saturated carbocycles. The van der Waals surface area contributed by atoms with Crippen LogP contribution in [0.5, 0.6) is 0 Å². The van der Waals surface area contributed by atoms with Gasteiger partial charge in [0.2, 0.25) is 0 Å². The lowest BCUT2D eigenvalue weighted by Gasteiger charge is -2.23. The zero-order chi connectivity index (χ0) is 20.9. The molecule has 0 aliphatic carbocycles. The molecule has 0 aromatic heterocycles. The van der Waals surface area contributed by atoms with Gasteiger partial charge in [0.25, 0.3) is 0 Å². The van der Waals surface area contributed by atoms with Gasteiger partial charge in [0.15, 0.2) is 0 Å². The van der Waals surface area contributed by atoms with Crippen LogP contribution in [0, 0.1) is 0 Å². The first-order valence-corrected chi connectivity index (χ1v) is 10.5. The summed E-state index contributed by atoms with van der Waals surface area (Å²) in [6.07, 6.45) is 0. The average molecular weight is 428 g/mol. The number of amidine groups is 2. The van der Waals surface area contributed by atoms with Crippen LogP contribution in [0.2, 0.25) is 0 Å². The number of rotatable bonds is 6. The van der Waals surface area contributed by atoms with Crippen LogP contribution < -0.4 is 10.6 Å². The van der Waals surface area contributed by atoms with Crippen molar-refractivity contribution in [1.82, 2.24) is 10.6 Å². The van der Waals surface area contributed by atoms with Gasteiger partial charge < -0.3 is 10.6 Å². The zero-order valence-electron chi connectivity index (χ0n) is 15.4. The van der Waals surface area contributed by atoms with Crippen molar-refractivity contribution in [2.75, 3.05) is 26.2 Å². The normalized spacial score (nSPS) is 18.3. The fourth-order valence-corrected chi connectivity index (χ4v) is 2.94. The molecule has 27 heavy (non-hydrogen) atoms. The number of azo groups is 1. The maximum atomic E-state index is 9.44. The standard InChI is InChI=1S/C12H22N6.H2O7S2/c1-11(2,9-13-5-6-14-9)17-18-12(3,4)10-15-7-8-16-10;1-8(2,3)7-9(4,5)6/h5-8H2,1-4H3,(H,13,14)(H,15,16);(H,1,2,3)(H,4,5,6). The highest BCUT2D eigenvalue weighted by Crippen LogP contribution is 2.19. The number of aliphatic imine (C=N–C) groups is 2. The van der Waals surface area contributed by atoms with Crippen molar-refractivity contribution >= 4 is 32.5 Å². The van der Waals surface area contributed by atoms with Crippen LogP contribution in [-0.4, -0.2) is 74.9 Å². The summed E-state index contributed by atoms with van der Waals surface area (Å²) in [6.45, 7) is 11.5. The fraction of sp³-hybridized carbons (Fsp3) is 0.833. The fourth-order valence-electron chi connectivity index (χ4n) is 2.07. The topological polar surface area (TPSA) is 191 Å². The molecule has 0 radical (unpaired) electrons. The third kappa shape index (κ3) is 8.70. The van der Waals surface area contributed by atoms with E-state index in [0.29, 0.717) is 0 Å². The predicted molar refractivity (Wildman–Crippen MR) is 97.8 cm³/mol. The minimum atomic E-state index is -5.12. The predicted octanol–water partition coefficient (Wildman–Crippen LogP) is -0.392. The van der Waals surface area contributed by atoms with Gasteiger partial charge in [-0.15, -0.1) is 3.63 Å². The van der Waals surface area contributed by atoms with E-state index in [0.717, 1.165) is 37.9 Å². The van der Waals surface area contributed by atoms with Crippen molar-refractivity contribution in [2.24, 2.45) is 20.2 Å². The van der Waals surface area contributed by atoms with Gasteiger partial charge in [-0.3, -0.25) is 19.1 Å². The molecule has 156 valence electrons. The Morgan fingerprint density at radius 1 is 0.852 bits per heavy atom. The largest absolute Gasteiger partial charge is 0.413 e. The van der Waals surface area contributed by atoms with E-state index in [9.17, 15) is 16.8 Å². The van der Waals surface area contributed by atoms with Crippen LogP contribution in [0.25, 0.3) is 0 Å². The second-order valence-corrected chi connectivity index (χ2v) is 8.81. The minimum absolute atomic E-state index is 0.396. The second kappa shape index (κ2) is 8.55. The minimum Gasteiger partial charge on any atom is -0.370 e. The maximum absolute atomic E-state index is 9.44. The van der Waals surface area contributed by atoms with Gasteiger partial charge in [-0.1, -0.05) is 0 Å². The van der Waals surface area contributed by atoms with Crippen LogP contribution in [0.4, 0.5) is 0 Å². The summed E-state index contributed by atoms with van der Waals surface area (Å²) in [5, 5.41) is 15.4. The molecule has 2 heterocycles. The average Bonchev–Trinajstić information content (AvgIpc) is 3.15. The Morgan fingerprint density at radius 3 is 1.37 bits per heavy atom. The first-order valence-electron chi connectivity index (χ1n) is 7.80. The van der Waals surface area contributed by atoms with Crippen molar-refractivity contribution < 1.29 is 29.6 Å². The molecule has 0 amide bonds. The van der Waals surface area contributed by atoms with Crippen LogP contribution in [0.1, 0.15) is 27.7 Å². The number of nitrogens with one attached hydrogen (secondary N) is 2. The Bertz CT molecular complexity index is 762. The molecule has 0 atom stereocenters. The van der Waals surface area contributed by atoms with Gasteiger partial charge >= 0.3 is 20.8 Å². The summed E-state index contributed by atoms with van der Waals surface area (Å²) in [5.41, 5.74) is -0.792. The molecule has 2 rings (SSSR count). The van der Waals surface area contributed by atoms with Crippen LogP contribution >= 0.6 is 0 Å². The SMILES string of the molecule is CC(C)(N=NC(C)(C)C1=NCCN1)C1=NCCN1.O=S(=O)(O)OS(=O)(=O)O. The van der Waals surface area contributed by atoms with E-state index in [2.05, 4.69) is 34.5 Å². The van der Waals surface area contributed by atoms with E-state index in [-0.39, 0.29) is 0 Å². The zero-order valence-corrected chi connectivity index (χ0v) is 17.0. The van der Waals surface area contributed by atoms with Crippen LogP contribution in [0.15, 0.2) is 20.2 Å². The van der Waals surface area contributed by atoms with Gasteiger partial charge in [0.05, 0.1) is 13.1 Å². The highest BCUT2D eigenvalue weighted by molar-refractivity contribution is 7.94. The van der Waals surface area contributed by atoms with Crippen molar-refractivity contribution in [3.8, 4) is 0 Å². The summed E-state index contributed by atoms with van der Waals surface area (Å²) < 4.78 is 55.6. The maximum Gasteiger partial charge on any atom is 0.413 e. The van der Waals surface area contributed by atoms with E-state index in [4.69, 9.17) is 9.11 Å². The van der Waals surface area contributed by atoms with Crippen molar-refractivity contribution in [2.45, 2.75) is 38.8 Å². The van der Waals surface area contributed by atoms with Gasteiger partial charge in [-0.05, 0) is 27.7 Å². The second-order valence-electron chi connectivity index (χ2n) is 6.56. The summed E-state index contributed by atoms with van der Waals surface area (Å²) in [4.78, 5) is 8.82. The lowest BCUT2D eigenvalue weighted by molar-refractivity contribution is 0.344. The molecule has 13 nitrogen and oxygen atoms in total. The third-order valence-corrected chi connectivity index (χ3v) is 4.61. The van der Waals surface area contributed by atoms with E-state index in [1.54, 1.807) is 0 Å². The smallest absolute Gasteiger partial charge is 0.370 e. The highest BCUT2D eigenvalue weighted by atomic mass is 32.3. The highest BCUT2D eigenvalue weighted by Gasteiger charge is 2.31. The Labute approximate surface area is 158 Å². The Hall–Kier alpha value is -1.68. The van der Waals surface area contributed by atoms with Crippen LogP contribution in [-0.2, 0) is 24.4 Å². The summed E-state index contributed by atoms with van der Waals surface area (Å²) in [5.74, 6) is 1.84. The molecule has 0 aromatic rings. The number of hydrogen-bond donors (Lipinski definition) is 4. The number of hydrogen-bond acceptors (Lipinski definition) is 11. The molecule has 0 bridgehead atoms. The van der Waals surface area contributed by atoms with Gasteiger partial charge in [-0.25, -0.2) is 0 Å². The lowest BCUT2D eigenvalue weighted by Crippen LogP contribution is -2.41. The van der Waals surface area contributed by atoms with Crippen molar-refractivity contribution in [3.05, 3.63) is 0 Å². The van der Waals surface area contributed by atoms with E-state index >= 15 is 0 Å². The van der Waals surface area contributed by atoms with Gasteiger partial charge in [0.1, 0.15) is 22.7 Å². The van der Waals surface area contributed by atoms with E-state index in [1.165, 1.54) is 0 Å². The van der Waals surface area contributed by atoms with E-state index in [1.807, 2.05) is 27.7 Å². The lowest BCUT2D eigenvalue weighted by atomic mass is 10.0. The monoisotopic (exact) mass is 428 g/mol. The van der Waals surface area contributed by atoms with E-state index < -0.39 is 31.9 Å². The molecule has 0 unspecified atom stereocenters. The Morgan fingerprint density at radius 2 is 1.19 bits per heavy atom. The molecule has 0 aromatic carbocycles. The molecule has 2 aliphatic heterocycles. The molecule has 4 N–H and O–H groups in total. The van der Waals surface area contributed by atoms with Gasteiger partial charge in [0, 0.05) is 13.1 Å².